The molecule has 1 aliphatic carbocycles. The molecule has 0 aromatic heterocycles. The van der Waals surface area contributed by atoms with Crippen molar-refractivity contribution in [3.8, 4) is 0 Å². The Morgan fingerprint density at radius 2 is 1.56 bits per heavy atom. The first-order valence-corrected chi connectivity index (χ1v) is 7.86. The molecular formula is C15H28N2O. The van der Waals surface area contributed by atoms with Gasteiger partial charge in [0.05, 0.1) is 5.60 Å². The Morgan fingerprint density at radius 1 is 1.00 bits per heavy atom. The molecule has 3 aliphatic rings. The van der Waals surface area contributed by atoms with E-state index in [-0.39, 0.29) is 5.41 Å². The highest BCUT2D eigenvalue weighted by atomic mass is 16.3. The number of nitrogens with one attached hydrogen (secondary N) is 1. The molecule has 2 bridgehead atoms. The average molecular weight is 252 g/mol. The van der Waals surface area contributed by atoms with Crippen molar-refractivity contribution >= 4 is 0 Å². The van der Waals surface area contributed by atoms with Crippen molar-refractivity contribution in [3.63, 3.8) is 0 Å². The predicted octanol–water partition coefficient (Wildman–Crippen LogP) is 1.93. The monoisotopic (exact) mass is 252 g/mol. The maximum Gasteiger partial charge on any atom is 0.0745 e. The largest absolute Gasteiger partial charge is 0.389 e. The van der Waals surface area contributed by atoms with Crippen LogP contribution in [0.3, 0.4) is 0 Å². The molecule has 3 nitrogen and oxygen atoms in total. The molecule has 3 fully saturated rings. The lowest BCUT2D eigenvalue weighted by atomic mass is 9.62. The zero-order chi connectivity index (χ0) is 12.6. The Kier molecular flexibility index (Phi) is 3.41. The van der Waals surface area contributed by atoms with Crippen molar-refractivity contribution in [2.45, 2.75) is 81.9 Å². The SMILES string of the molecule is NCC1(C2(O)CC3CCC(C2)N3)CCCCCC1. The van der Waals surface area contributed by atoms with Gasteiger partial charge in [-0.05, 0) is 38.5 Å². The number of hydrogen-bond donors (Lipinski definition) is 3. The van der Waals surface area contributed by atoms with E-state index >= 15 is 0 Å². The summed E-state index contributed by atoms with van der Waals surface area (Å²) in [6, 6.07) is 1.08. The van der Waals surface area contributed by atoms with E-state index < -0.39 is 5.60 Å². The van der Waals surface area contributed by atoms with Gasteiger partial charge in [0.1, 0.15) is 0 Å². The summed E-state index contributed by atoms with van der Waals surface area (Å²) >= 11 is 0. The summed E-state index contributed by atoms with van der Waals surface area (Å²) in [5.41, 5.74) is 5.66. The molecule has 3 heteroatoms. The summed E-state index contributed by atoms with van der Waals surface area (Å²) in [5, 5.41) is 15.0. The molecule has 18 heavy (non-hydrogen) atoms. The second kappa shape index (κ2) is 4.77. The molecular weight excluding hydrogens is 224 g/mol. The molecule has 0 aromatic rings. The fourth-order valence-electron chi connectivity index (χ4n) is 4.82. The van der Waals surface area contributed by atoms with Crippen LogP contribution in [0.2, 0.25) is 0 Å². The van der Waals surface area contributed by atoms with E-state index in [1.54, 1.807) is 0 Å². The number of fused-ring (bicyclic) bond motifs is 2. The molecule has 0 aromatic carbocycles. The Morgan fingerprint density at radius 3 is 2.06 bits per heavy atom. The van der Waals surface area contributed by atoms with E-state index in [4.69, 9.17) is 5.73 Å². The number of rotatable bonds is 2. The van der Waals surface area contributed by atoms with Crippen LogP contribution in [-0.4, -0.2) is 29.3 Å². The van der Waals surface area contributed by atoms with Crippen LogP contribution in [0.5, 0.6) is 0 Å². The van der Waals surface area contributed by atoms with Crippen LogP contribution in [0.1, 0.15) is 64.2 Å². The molecule has 0 spiro atoms. The van der Waals surface area contributed by atoms with Crippen molar-refractivity contribution in [3.05, 3.63) is 0 Å². The Hall–Kier alpha value is -0.120. The Balaban J connectivity index is 1.84. The van der Waals surface area contributed by atoms with Gasteiger partial charge in [0, 0.05) is 24.0 Å². The van der Waals surface area contributed by atoms with Crippen molar-refractivity contribution in [2.24, 2.45) is 11.1 Å². The van der Waals surface area contributed by atoms with Gasteiger partial charge in [-0.2, -0.15) is 0 Å². The molecule has 104 valence electrons. The second-order valence-electron chi connectivity index (χ2n) is 6.98. The molecule has 4 N–H and O–H groups in total. The summed E-state index contributed by atoms with van der Waals surface area (Å²) in [4.78, 5) is 0. The van der Waals surface area contributed by atoms with Gasteiger partial charge in [-0.3, -0.25) is 0 Å². The van der Waals surface area contributed by atoms with E-state index in [9.17, 15) is 5.11 Å². The topological polar surface area (TPSA) is 58.3 Å². The summed E-state index contributed by atoms with van der Waals surface area (Å²) in [5.74, 6) is 0. The molecule has 2 aliphatic heterocycles. The van der Waals surface area contributed by atoms with Crippen LogP contribution < -0.4 is 11.1 Å². The van der Waals surface area contributed by atoms with Crippen LogP contribution in [0, 0.1) is 5.41 Å². The smallest absolute Gasteiger partial charge is 0.0745 e. The lowest BCUT2D eigenvalue weighted by Crippen LogP contribution is -2.60. The fraction of sp³-hybridized carbons (Fsp3) is 1.00. The first-order valence-electron chi connectivity index (χ1n) is 7.86. The van der Waals surface area contributed by atoms with Crippen LogP contribution in [0.25, 0.3) is 0 Å². The van der Waals surface area contributed by atoms with E-state index in [1.165, 1.54) is 38.5 Å². The highest BCUT2D eigenvalue weighted by Crippen LogP contribution is 2.50. The molecule has 2 saturated heterocycles. The molecule has 2 heterocycles. The number of piperidine rings is 1. The van der Waals surface area contributed by atoms with Crippen LogP contribution in [0.15, 0.2) is 0 Å². The van der Waals surface area contributed by atoms with E-state index in [1.807, 2.05) is 0 Å². The Labute approximate surface area is 111 Å². The molecule has 2 atom stereocenters. The number of hydrogen-bond acceptors (Lipinski definition) is 3. The lowest BCUT2D eigenvalue weighted by Gasteiger charge is -2.51. The van der Waals surface area contributed by atoms with Crippen LogP contribution in [-0.2, 0) is 0 Å². The second-order valence-corrected chi connectivity index (χ2v) is 6.98. The molecule has 0 radical (unpaired) electrons. The maximum absolute atomic E-state index is 11.3. The summed E-state index contributed by atoms with van der Waals surface area (Å²) in [7, 11) is 0. The first-order chi connectivity index (χ1) is 8.67. The van der Waals surface area contributed by atoms with Crippen LogP contribution >= 0.6 is 0 Å². The third kappa shape index (κ3) is 2.00. The maximum atomic E-state index is 11.3. The Bertz CT molecular complexity index is 285. The van der Waals surface area contributed by atoms with Gasteiger partial charge in [-0.1, -0.05) is 25.7 Å². The van der Waals surface area contributed by atoms with Crippen molar-refractivity contribution < 1.29 is 5.11 Å². The first kappa shape index (κ1) is 12.9. The minimum Gasteiger partial charge on any atom is -0.389 e. The van der Waals surface area contributed by atoms with Crippen molar-refractivity contribution in [2.75, 3.05) is 6.54 Å². The van der Waals surface area contributed by atoms with Gasteiger partial charge in [-0.25, -0.2) is 0 Å². The van der Waals surface area contributed by atoms with Gasteiger partial charge in [-0.15, -0.1) is 0 Å². The minimum absolute atomic E-state index is 0.00639. The van der Waals surface area contributed by atoms with E-state index in [0.717, 1.165) is 25.7 Å². The highest BCUT2D eigenvalue weighted by molar-refractivity contribution is 5.09. The highest BCUT2D eigenvalue weighted by Gasteiger charge is 2.54. The van der Waals surface area contributed by atoms with Gasteiger partial charge in [0.25, 0.3) is 0 Å². The quantitative estimate of drug-likeness (QED) is 0.658. The molecule has 0 amide bonds. The average Bonchev–Trinajstić information content (AvgIpc) is 2.59. The zero-order valence-electron chi connectivity index (χ0n) is 11.5. The molecule has 3 rings (SSSR count). The van der Waals surface area contributed by atoms with Crippen molar-refractivity contribution in [1.82, 2.24) is 5.32 Å². The van der Waals surface area contributed by atoms with E-state index in [0.29, 0.717) is 18.6 Å². The number of aliphatic hydroxyl groups is 1. The third-order valence-electron chi connectivity index (χ3n) is 5.94. The summed E-state index contributed by atoms with van der Waals surface area (Å²) in [6.45, 7) is 0.670. The molecule has 2 unspecified atom stereocenters. The van der Waals surface area contributed by atoms with Gasteiger partial charge in [0.2, 0.25) is 0 Å². The number of nitrogens with two attached hydrogens (primary N) is 1. The van der Waals surface area contributed by atoms with E-state index in [2.05, 4.69) is 5.32 Å². The zero-order valence-corrected chi connectivity index (χ0v) is 11.5. The van der Waals surface area contributed by atoms with Gasteiger partial charge in [0.15, 0.2) is 0 Å². The third-order valence-corrected chi connectivity index (χ3v) is 5.94. The van der Waals surface area contributed by atoms with Crippen molar-refractivity contribution in [1.29, 1.82) is 0 Å². The summed E-state index contributed by atoms with van der Waals surface area (Å²) in [6.07, 6.45) is 11.8. The normalized spacial score (nSPS) is 43.7. The standard InChI is InChI=1S/C15H28N2O/c16-11-14(7-3-1-2-4-8-14)15(18)9-12-5-6-13(10-15)17-12/h12-13,17-18H,1-11,16H2. The van der Waals surface area contributed by atoms with Gasteiger partial charge < -0.3 is 16.2 Å². The minimum atomic E-state index is -0.497. The predicted molar refractivity (Wildman–Crippen MR) is 73.3 cm³/mol. The lowest BCUT2D eigenvalue weighted by molar-refractivity contribution is -0.119. The fourth-order valence-corrected chi connectivity index (χ4v) is 4.82. The van der Waals surface area contributed by atoms with Crippen LogP contribution in [0.4, 0.5) is 0 Å². The molecule has 1 saturated carbocycles. The summed E-state index contributed by atoms with van der Waals surface area (Å²) < 4.78 is 0. The van der Waals surface area contributed by atoms with Gasteiger partial charge >= 0.3 is 0 Å².